The van der Waals surface area contributed by atoms with E-state index in [-0.39, 0.29) is 0 Å². The fraction of sp³-hybridized carbons (Fsp3) is 0. The second-order valence-corrected chi connectivity index (χ2v) is 13.8. The van der Waals surface area contributed by atoms with Crippen LogP contribution in [0, 0.1) is 0 Å². The summed E-state index contributed by atoms with van der Waals surface area (Å²) in [5.41, 5.74) is 10.5. The zero-order valence-corrected chi connectivity index (χ0v) is 30.3. The molecule has 0 aliphatic carbocycles. The lowest BCUT2D eigenvalue weighted by molar-refractivity contribution is 1.12. The van der Waals surface area contributed by atoms with Crippen molar-refractivity contribution >= 4 is 21.5 Å². The van der Waals surface area contributed by atoms with E-state index in [1.165, 1.54) is 16.2 Å². The minimum atomic E-state index is 0.516. The lowest BCUT2D eigenvalue weighted by Crippen LogP contribution is -2.01. The molecule has 0 saturated heterocycles. The van der Waals surface area contributed by atoms with Gasteiger partial charge in [-0.2, -0.15) is 0 Å². The molecule has 0 aliphatic heterocycles. The van der Waals surface area contributed by atoms with Crippen LogP contribution in [0.2, 0.25) is 0 Å². The van der Waals surface area contributed by atoms with Gasteiger partial charge in [-0.3, -0.25) is 0 Å². The summed E-state index contributed by atoms with van der Waals surface area (Å²) in [5, 5.41) is 4.76. The fourth-order valence-electron chi connectivity index (χ4n) is 7.20. The van der Waals surface area contributed by atoms with Crippen LogP contribution in [-0.2, 0) is 0 Å². The molecular formula is C51H33N5. The van der Waals surface area contributed by atoms with E-state index in [2.05, 4.69) is 115 Å². The first-order valence-corrected chi connectivity index (χ1v) is 18.7. The summed E-state index contributed by atoms with van der Waals surface area (Å²) in [7, 11) is 0. The Labute approximate surface area is 324 Å². The van der Waals surface area contributed by atoms with Crippen molar-refractivity contribution in [3.8, 4) is 79.2 Å². The van der Waals surface area contributed by atoms with Crippen LogP contribution >= 0.6 is 0 Å². The van der Waals surface area contributed by atoms with Crippen LogP contribution in [-0.4, -0.2) is 24.9 Å². The van der Waals surface area contributed by atoms with Crippen molar-refractivity contribution in [2.24, 2.45) is 0 Å². The molecule has 10 rings (SSSR count). The Morgan fingerprint density at radius 3 is 0.964 bits per heavy atom. The van der Waals surface area contributed by atoms with Crippen LogP contribution in [0.5, 0.6) is 0 Å². The van der Waals surface area contributed by atoms with Crippen LogP contribution in [0.25, 0.3) is 101 Å². The highest BCUT2D eigenvalue weighted by molar-refractivity contribution is 6.00. The lowest BCUT2D eigenvalue weighted by Gasteiger charge is -2.13. The number of hydrogen-bond acceptors (Lipinski definition) is 5. The molecule has 0 N–H and O–H groups in total. The Bertz CT molecular complexity index is 2740. The van der Waals surface area contributed by atoms with E-state index in [4.69, 9.17) is 24.9 Å². The average Bonchev–Trinajstić information content (AvgIpc) is 3.29. The molecule has 56 heavy (non-hydrogen) atoms. The summed E-state index contributed by atoms with van der Waals surface area (Å²) in [6.07, 6.45) is 0. The predicted molar refractivity (Wildman–Crippen MR) is 228 cm³/mol. The summed E-state index contributed by atoms with van der Waals surface area (Å²) >= 11 is 0. The number of fused-ring (bicyclic) bond motifs is 2. The van der Waals surface area contributed by atoms with E-state index in [9.17, 15) is 0 Å². The molecule has 0 saturated carbocycles. The first-order valence-electron chi connectivity index (χ1n) is 18.7. The molecule has 7 aromatic carbocycles. The topological polar surface area (TPSA) is 64.5 Å². The van der Waals surface area contributed by atoms with E-state index in [1.54, 1.807) is 0 Å². The number of benzene rings is 7. The number of hydrogen-bond donors (Lipinski definition) is 0. The predicted octanol–water partition coefficient (Wildman–Crippen LogP) is 12.6. The highest BCUT2D eigenvalue weighted by Gasteiger charge is 2.18. The van der Waals surface area contributed by atoms with Crippen molar-refractivity contribution in [1.29, 1.82) is 0 Å². The van der Waals surface area contributed by atoms with Crippen LogP contribution in [0.1, 0.15) is 0 Å². The molecule has 0 spiro atoms. The second-order valence-electron chi connectivity index (χ2n) is 13.8. The van der Waals surface area contributed by atoms with E-state index in [1.807, 2.05) is 84.9 Å². The van der Waals surface area contributed by atoms with Crippen LogP contribution < -0.4 is 0 Å². The smallest absolute Gasteiger partial charge is 0.179 e. The molecule has 0 fully saturated rings. The molecule has 0 bridgehead atoms. The molecule has 262 valence electrons. The Morgan fingerprint density at radius 2 is 0.554 bits per heavy atom. The van der Waals surface area contributed by atoms with Gasteiger partial charge in [0.15, 0.2) is 11.6 Å². The molecule has 5 heteroatoms. The van der Waals surface area contributed by atoms with Crippen molar-refractivity contribution in [2.45, 2.75) is 0 Å². The average molecular weight is 716 g/mol. The highest BCUT2D eigenvalue weighted by Crippen LogP contribution is 2.35. The van der Waals surface area contributed by atoms with Gasteiger partial charge in [0, 0.05) is 22.3 Å². The van der Waals surface area contributed by atoms with Crippen molar-refractivity contribution in [3.05, 3.63) is 200 Å². The number of pyridine rings is 1. The van der Waals surface area contributed by atoms with E-state index in [0.717, 1.165) is 61.5 Å². The van der Waals surface area contributed by atoms with Gasteiger partial charge in [0.2, 0.25) is 0 Å². The molecule has 3 aromatic heterocycles. The summed E-state index contributed by atoms with van der Waals surface area (Å²) in [6.45, 7) is 0. The zero-order chi connectivity index (χ0) is 37.3. The molecule has 5 nitrogen and oxygen atoms in total. The monoisotopic (exact) mass is 715 g/mol. The van der Waals surface area contributed by atoms with E-state index in [0.29, 0.717) is 23.0 Å². The molecular weight excluding hydrogens is 683 g/mol. The Kier molecular flexibility index (Phi) is 8.43. The standard InChI is InChI=1S/C51H33N5/c1-5-15-34(16-6-1)44-32-45(35-17-7-2-8-18-35)54-50(53-44)48-30-43(41-26-25-40-27-38-23-13-14-24-39(38)28-42(40)29-41)31-49(52-48)51-55-46(36-19-9-3-10-20-36)33-47(56-51)37-21-11-4-12-22-37/h1-33H. The first kappa shape index (κ1) is 33.0. The van der Waals surface area contributed by atoms with Gasteiger partial charge in [-0.15, -0.1) is 0 Å². The molecule has 3 heterocycles. The van der Waals surface area contributed by atoms with Gasteiger partial charge in [0.1, 0.15) is 11.4 Å². The molecule has 0 atom stereocenters. The summed E-state index contributed by atoms with van der Waals surface area (Å²) < 4.78 is 0. The fourth-order valence-corrected chi connectivity index (χ4v) is 7.20. The molecule has 10 aromatic rings. The van der Waals surface area contributed by atoms with Gasteiger partial charge in [0.05, 0.1) is 22.8 Å². The van der Waals surface area contributed by atoms with Gasteiger partial charge in [-0.05, 0) is 75.1 Å². The minimum absolute atomic E-state index is 0.516. The van der Waals surface area contributed by atoms with Crippen molar-refractivity contribution in [3.63, 3.8) is 0 Å². The van der Waals surface area contributed by atoms with E-state index >= 15 is 0 Å². The van der Waals surface area contributed by atoms with Crippen molar-refractivity contribution < 1.29 is 0 Å². The highest BCUT2D eigenvalue weighted by atomic mass is 15.0. The Hall–Kier alpha value is -7.63. The zero-order valence-electron chi connectivity index (χ0n) is 30.3. The van der Waals surface area contributed by atoms with Crippen molar-refractivity contribution in [1.82, 2.24) is 24.9 Å². The summed E-state index contributed by atoms with van der Waals surface area (Å²) in [6, 6.07) is 68.7. The number of nitrogens with zero attached hydrogens (tertiary/aromatic N) is 5. The van der Waals surface area contributed by atoms with Gasteiger partial charge < -0.3 is 0 Å². The maximum absolute atomic E-state index is 5.29. The van der Waals surface area contributed by atoms with Crippen LogP contribution in [0.3, 0.4) is 0 Å². The van der Waals surface area contributed by atoms with Gasteiger partial charge >= 0.3 is 0 Å². The van der Waals surface area contributed by atoms with Gasteiger partial charge in [0.25, 0.3) is 0 Å². The second kappa shape index (κ2) is 14.3. The Morgan fingerprint density at radius 1 is 0.196 bits per heavy atom. The van der Waals surface area contributed by atoms with E-state index < -0.39 is 0 Å². The van der Waals surface area contributed by atoms with Crippen molar-refractivity contribution in [2.75, 3.05) is 0 Å². The SMILES string of the molecule is c1ccc(-c2cc(-c3ccccc3)nc(-c3cc(-c4ccc5cc6ccccc6cc5c4)cc(-c4nc(-c5ccccc5)cc(-c5ccccc5)n4)n3)n2)cc1. The Balaban J connectivity index is 1.22. The largest absolute Gasteiger partial charge is 0.241 e. The molecule has 0 amide bonds. The van der Waals surface area contributed by atoms with Gasteiger partial charge in [-0.25, -0.2) is 24.9 Å². The summed E-state index contributed by atoms with van der Waals surface area (Å²) in [4.78, 5) is 26.0. The third-order valence-corrected chi connectivity index (χ3v) is 10.1. The number of rotatable bonds is 7. The molecule has 0 radical (unpaired) electrons. The number of aromatic nitrogens is 5. The van der Waals surface area contributed by atoms with Crippen LogP contribution in [0.15, 0.2) is 200 Å². The van der Waals surface area contributed by atoms with Gasteiger partial charge in [-0.1, -0.05) is 158 Å². The maximum Gasteiger partial charge on any atom is 0.179 e. The maximum atomic E-state index is 5.29. The normalized spacial score (nSPS) is 11.2. The quantitative estimate of drug-likeness (QED) is 0.154. The first-order chi connectivity index (χ1) is 27.7. The molecule has 0 unspecified atom stereocenters. The molecule has 0 aliphatic rings. The summed E-state index contributed by atoms with van der Waals surface area (Å²) in [5.74, 6) is 1.03. The lowest BCUT2D eigenvalue weighted by atomic mass is 9.98. The third kappa shape index (κ3) is 6.59. The third-order valence-electron chi connectivity index (χ3n) is 10.1. The minimum Gasteiger partial charge on any atom is -0.241 e. The van der Waals surface area contributed by atoms with Crippen LogP contribution in [0.4, 0.5) is 0 Å².